The summed E-state index contributed by atoms with van der Waals surface area (Å²) in [5, 5.41) is 2.90. The molecule has 2 aromatic rings. The number of amides is 1. The van der Waals surface area contributed by atoms with Crippen molar-refractivity contribution in [2.24, 2.45) is 0 Å². The molecule has 0 saturated heterocycles. The number of rotatable bonds is 2. The molecule has 0 aliphatic carbocycles. The Morgan fingerprint density at radius 1 is 1.09 bits per heavy atom. The van der Waals surface area contributed by atoms with Crippen LogP contribution < -0.4 is 14.8 Å². The van der Waals surface area contributed by atoms with Gasteiger partial charge < -0.3 is 14.8 Å². The fourth-order valence-electron chi connectivity index (χ4n) is 2.11. The van der Waals surface area contributed by atoms with Crippen LogP contribution in [-0.4, -0.2) is 19.1 Å². The van der Waals surface area contributed by atoms with E-state index in [2.05, 4.69) is 43.8 Å². The van der Waals surface area contributed by atoms with Crippen LogP contribution in [0.2, 0.25) is 0 Å². The van der Waals surface area contributed by atoms with Gasteiger partial charge in [-0.25, -0.2) is 0 Å². The predicted octanol–water partition coefficient (Wildman–Crippen LogP) is 4.47. The van der Waals surface area contributed by atoms with Crippen LogP contribution in [0.25, 0.3) is 0 Å². The Labute approximate surface area is 150 Å². The number of carbonyl (C=O) groups is 1. The predicted molar refractivity (Wildman–Crippen MR) is 96.9 cm³/mol. The molecule has 0 spiro atoms. The minimum absolute atomic E-state index is 0.153. The molecule has 4 nitrogen and oxygen atoms in total. The van der Waals surface area contributed by atoms with Crippen molar-refractivity contribution >= 4 is 50.1 Å². The molecule has 0 aromatic heterocycles. The Bertz CT molecular complexity index is 721. The van der Waals surface area contributed by atoms with Gasteiger partial charge in [0.2, 0.25) is 0 Å². The first kappa shape index (κ1) is 15.6. The molecule has 1 aliphatic heterocycles. The van der Waals surface area contributed by atoms with Gasteiger partial charge in [0.1, 0.15) is 0 Å². The van der Waals surface area contributed by atoms with Gasteiger partial charge in [-0.1, -0.05) is 15.9 Å². The van der Waals surface area contributed by atoms with Crippen LogP contribution in [0.4, 0.5) is 5.69 Å². The average Bonchev–Trinajstić information content (AvgIpc) is 2.74. The molecule has 0 fully saturated rings. The summed E-state index contributed by atoms with van der Waals surface area (Å²) in [6.45, 7) is 1.27. The van der Waals surface area contributed by atoms with Crippen molar-refractivity contribution < 1.29 is 14.3 Å². The Morgan fingerprint density at radius 3 is 2.68 bits per heavy atom. The van der Waals surface area contributed by atoms with Crippen LogP contribution in [0, 0.1) is 3.57 Å². The number of benzene rings is 2. The number of hydrogen-bond acceptors (Lipinski definition) is 3. The number of anilines is 1. The van der Waals surface area contributed by atoms with Gasteiger partial charge in [0.25, 0.3) is 5.91 Å². The summed E-state index contributed by atoms with van der Waals surface area (Å²) in [7, 11) is 0. The first-order chi connectivity index (χ1) is 10.6. The zero-order valence-electron chi connectivity index (χ0n) is 11.6. The number of ether oxygens (including phenoxy) is 2. The minimum Gasteiger partial charge on any atom is -0.490 e. The molecule has 22 heavy (non-hydrogen) atoms. The molecule has 1 N–H and O–H groups in total. The third kappa shape index (κ3) is 3.55. The summed E-state index contributed by atoms with van der Waals surface area (Å²) >= 11 is 5.54. The van der Waals surface area contributed by atoms with E-state index in [1.165, 1.54) is 0 Å². The van der Waals surface area contributed by atoms with Gasteiger partial charge in [0.15, 0.2) is 11.5 Å². The van der Waals surface area contributed by atoms with Crippen LogP contribution in [0.15, 0.2) is 40.9 Å². The largest absolute Gasteiger partial charge is 0.490 e. The maximum atomic E-state index is 12.4. The molecule has 0 atom stereocenters. The highest BCUT2D eigenvalue weighted by Crippen LogP contribution is 2.32. The molecule has 0 saturated carbocycles. The van der Waals surface area contributed by atoms with Crippen molar-refractivity contribution in [3.63, 3.8) is 0 Å². The van der Waals surface area contributed by atoms with Crippen LogP contribution in [0.1, 0.15) is 16.8 Å². The molecule has 3 rings (SSSR count). The Balaban J connectivity index is 1.82. The molecule has 0 radical (unpaired) electrons. The van der Waals surface area contributed by atoms with Crippen molar-refractivity contribution in [1.82, 2.24) is 0 Å². The molecule has 1 amide bonds. The molecule has 0 bridgehead atoms. The van der Waals surface area contributed by atoms with Crippen LogP contribution in [0.5, 0.6) is 11.5 Å². The molecule has 1 aliphatic rings. The Kier molecular flexibility index (Phi) is 4.87. The van der Waals surface area contributed by atoms with E-state index in [4.69, 9.17) is 9.47 Å². The molecular weight excluding hydrogens is 461 g/mol. The highest BCUT2D eigenvalue weighted by Gasteiger charge is 2.14. The first-order valence-electron chi connectivity index (χ1n) is 6.79. The average molecular weight is 474 g/mol. The van der Waals surface area contributed by atoms with E-state index in [1.54, 1.807) is 12.1 Å². The lowest BCUT2D eigenvalue weighted by atomic mass is 10.2. The van der Waals surface area contributed by atoms with Gasteiger partial charge in [-0.3, -0.25) is 4.79 Å². The fraction of sp³-hybridized carbons (Fsp3) is 0.188. The van der Waals surface area contributed by atoms with E-state index in [0.717, 1.165) is 14.5 Å². The lowest BCUT2D eigenvalue weighted by Gasteiger charge is -2.11. The van der Waals surface area contributed by atoms with E-state index < -0.39 is 0 Å². The summed E-state index contributed by atoms with van der Waals surface area (Å²) in [6, 6.07) is 11.0. The van der Waals surface area contributed by atoms with E-state index in [-0.39, 0.29) is 5.91 Å². The van der Waals surface area contributed by atoms with Crippen molar-refractivity contribution in [2.45, 2.75) is 6.42 Å². The van der Waals surface area contributed by atoms with Crippen LogP contribution in [-0.2, 0) is 0 Å². The lowest BCUT2D eigenvalue weighted by molar-refractivity contribution is 0.102. The molecule has 6 heteroatoms. The number of fused-ring (bicyclic) bond motifs is 1. The number of halogens is 2. The van der Waals surface area contributed by atoms with Crippen LogP contribution in [0.3, 0.4) is 0 Å². The fourth-order valence-corrected chi connectivity index (χ4v) is 3.05. The maximum absolute atomic E-state index is 12.4. The molecule has 2 aromatic carbocycles. The van der Waals surface area contributed by atoms with Crippen molar-refractivity contribution in [1.29, 1.82) is 0 Å². The lowest BCUT2D eigenvalue weighted by Crippen LogP contribution is -2.13. The smallest absolute Gasteiger partial charge is 0.256 e. The van der Waals surface area contributed by atoms with E-state index in [9.17, 15) is 4.79 Å². The molecule has 1 heterocycles. The second-order valence-electron chi connectivity index (χ2n) is 4.79. The van der Waals surface area contributed by atoms with Gasteiger partial charge in [0, 0.05) is 26.2 Å². The van der Waals surface area contributed by atoms with E-state index in [0.29, 0.717) is 36.0 Å². The standard InChI is InChI=1S/C16H13BrINO3/c17-10-2-4-13(18)12(8-10)16(20)19-11-3-5-14-15(9-11)22-7-1-6-21-14/h2-5,8-9H,1,6-7H2,(H,19,20). The van der Waals surface area contributed by atoms with Crippen molar-refractivity contribution in [3.8, 4) is 11.5 Å². The zero-order chi connectivity index (χ0) is 15.5. The van der Waals surface area contributed by atoms with Crippen molar-refractivity contribution in [2.75, 3.05) is 18.5 Å². The van der Waals surface area contributed by atoms with Gasteiger partial charge >= 0.3 is 0 Å². The number of carbonyl (C=O) groups excluding carboxylic acids is 1. The zero-order valence-corrected chi connectivity index (χ0v) is 15.3. The quantitative estimate of drug-likeness (QED) is 0.655. The highest BCUT2D eigenvalue weighted by molar-refractivity contribution is 14.1. The van der Waals surface area contributed by atoms with E-state index >= 15 is 0 Å². The summed E-state index contributed by atoms with van der Waals surface area (Å²) in [6.07, 6.45) is 0.854. The summed E-state index contributed by atoms with van der Waals surface area (Å²) in [4.78, 5) is 12.4. The molecular formula is C16H13BrINO3. The highest BCUT2D eigenvalue weighted by atomic mass is 127. The molecule has 0 unspecified atom stereocenters. The first-order valence-corrected chi connectivity index (χ1v) is 8.67. The number of nitrogens with one attached hydrogen (secondary N) is 1. The second-order valence-corrected chi connectivity index (χ2v) is 6.87. The third-order valence-corrected chi connectivity index (χ3v) is 4.61. The SMILES string of the molecule is O=C(Nc1ccc2c(c1)OCCCO2)c1cc(Br)ccc1I. The third-order valence-electron chi connectivity index (χ3n) is 3.18. The Morgan fingerprint density at radius 2 is 1.86 bits per heavy atom. The topological polar surface area (TPSA) is 47.6 Å². The van der Waals surface area contributed by atoms with Crippen LogP contribution >= 0.6 is 38.5 Å². The van der Waals surface area contributed by atoms with Gasteiger partial charge in [-0.05, 0) is 52.9 Å². The summed E-state index contributed by atoms with van der Waals surface area (Å²) in [5.74, 6) is 1.23. The minimum atomic E-state index is -0.153. The van der Waals surface area contributed by atoms with Crippen molar-refractivity contribution in [3.05, 3.63) is 50.0 Å². The maximum Gasteiger partial charge on any atom is 0.256 e. The van der Waals surface area contributed by atoms with Gasteiger partial charge in [-0.15, -0.1) is 0 Å². The summed E-state index contributed by atoms with van der Waals surface area (Å²) in [5.41, 5.74) is 1.31. The Hall–Kier alpha value is -1.28. The van der Waals surface area contributed by atoms with Gasteiger partial charge in [-0.2, -0.15) is 0 Å². The second kappa shape index (κ2) is 6.87. The number of hydrogen-bond donors (Lipinski definition) is 1. The summed E-state index contributed by atoms with van der Waals surface area (Å²) < 4.78 is 13.0. The van der Waals surface area contributed by atoms with Gasteiger partial charge in [0.05, 0.1) is 18.8 Å². The van der Waals surface area contributed by atoms with E-state index in [1.807, 2.05) is 24.3 Å². The normalized spacial score (nSPS) is 13.4. The molecule has 114 valence electrons. The monoisotopic (exact) mass is 473 g/mol.